The Morgan fingerprint density at radius 2 is 1.73 bits per heavy atom. The molecule has 0 radical (unpaired) electrons. The summed E-state index contributed by atoms with van der Waals surface area (Å²) in [6.45, 7) is 0.396. The number of anilines is 1. The van der Waals surface area contributed by atoms with Crippen molar-refractivity contribution in [1.82, 2.24) is 5.43 Å². The normalized spacial score (nSPS) is 12.6. The second-order valence-corrected chi connectivity index (χ2v) is 7.71. The van der Waals surface area contributed by atoms with Gasteiger partial charge in [0.1, 0.15) is 11.5 Å². The van der Waals surface area contributed by atoms with E-state index in [0.29, 0.717) is 23.2 Å². The van der Waals surface area contributed by atoms with Crippen molar-refractivity contribution in [3.05, 3.63) is 101 Å². The molecule has 0 bridgehead atoms. The van der Waals surface area contributed by atoms with Crippen molar-refractivity contribution in [2.75, 3.05) is 4.90 Å². The van der Waals surface area contributed by atoms with Gasteiger partial charge in [-0.2, -0.15) is 5.10 Å². The molecule has 2 amide bonds. The highest BCUT2D eigenvalue weighted by molar-refractivity contribution is 6.24. The molecule has 162 valence electrons. The van der Waals surface area contributed by atoms with Gasteiger partial charge in [0.15, 0.2) is 0 Å². The van der Waals surface area contributed by atoms with Crippen LogP contribution in [-0.4, -0.2) is 28.2 Å². The summed E-state index contributed by atoms with van der Waals surface area (Å²) in [5, 5.41) is 24.9. The molecule has 0 aromatic heterocycles. The number of nitrogens with zero attached hydrogens (tertiary/aromatic N) is 2. The summed E-state index contributed by atoms with van der Waals surface area (Å²) in [5.41, 5.74) is 5.66. The third kappa shape index (κ3) is 3.76. The standard InChI is InChI=1S/C26H19N3O4/c30-20-12-11-19(23(31)13-20)14-27-28-25(32)18-9-7-16(8-10-18)15-29-22-6-2-4-17-3-1-5-21(24(17)22)26(29)33/h1-14,30-31H,15H2,(H,28,32)/b27-14+. The van der Waals surface area contributed by atoms with E-state index in [4.69, 9.17) is 0 Å². The number of nitrogens with one attached hydrogen (secondary N) is 1. The molecule has 0 unspecified atom stereocenters. The quantitative estimate of drug-likeness (QED) is 0.322. The molecule has 3 N–H and O–H groups in total. The van der Waals surface area contributed by atoms with Crippen LogP contribution in [0.5, 0.6) is 11.5 Å². The molecule has 33 heavy (non-hydrogen) atoms. The lowest BCUT2D eigenvalue weighted by molar-refractivity contribution is 0.0953. The van der Waals surface area contributed by atoms with Gasteiger partial charge in [-0.3, -0.25) is 9.59 Å². The zero-order valence-corrected chi connectivity index (χ0v) is 17.4. The van der Waals surface area contributed by atoms with Crippen LogP contribution in [0.25, 0.3) is 10.8 Å². The minimum absolute atomic E-state index is 0.0320. The molecule has 0 fully saturated rings. The summed E-state index contributed by atoms with van der Waals surface area (Å²) in [5.74, 6) is -0.655. The molecular weight excluding hydrogens is 418 g/mol. The Labute approximate surface area is 189 Å². The van der Waals surface area contributed by atoms with E-state index in [-0.39, 0.29) is 17.4 Å². The summed E-state index contributed by atoms with van der Waals surface area (Å²) in [4.78, 5) is 27.1. The number of phenolic OH excluding ortho intramolecular Hbond substituents is 2. The van der Waals surface area contributed by atoms with E-state index in [1.165, 1.54) is 24.4 Å². The topological polar surface area (TPSA) is 102 Å². The Balaban J connectivity index is 1.27. The zero-order valence-electron chi connectivity index (χ0n) is 17.4. The lowest BCUT2D eigenvalue weighted by Crippen LogP contribution is -2.26. The highest BCUT2D eigenvalue weighted by atomic mass is 16.3. The maximum atomic E-state index is 12.9. The van der Waals surface area contributed by atoms with Crippen molar-refractivity contribution < 1.29 is 19.8 Å². The van der Waals surface area contributed by atoms with Crippen molar-refractivity contribution in [3.8, 4) is 11.5 Å². The van der Waals surface area contributed by atoms with Crippen LogP contribution in [0, 0.1) is 0 Å². The smallest absolute Gasteiger partial charge is 0.271 e. The second-order valence-electron chi connectivity index (χ2n) is 7.71. The average Bonchev–Trinajstić information content (AvgIpc) is 3.09. The summed E-state index contributed by atoms with van der Waals surface area (Å²) < 4.78 is 0. The molecule has 0 atom stereocenters. The first kappa shape index (κ1) is 20.3. The van der Waals surface area contributed by atoms with E-state index >= 15 is 0 Å². The number of phenols is 2. The molecule has 0 spiro atoms. The van der Waals surface area contributed by atoms with Crippen molar-refractivity contribution in [2.24, 2.45) is 5.10 Å². The number of benzene rings is 4. The molecular formula is C26H19N3O4. The number of amides is 2. The van der Waals surface area contributed by atoms with E-state index in [0.717, 1.165) is 22.0 Å². The first-order valence-electron chi connectivity index (χ1n) is 10.3. The minimum Gasteiger partial charge on any atom is -0.508 e. The van der Waals surface area contributed by atoms with Gasteiger partial charge in [0.25, 0.3) is 11.8 Å². The monoisotopic (exact) mass is 437 g/mol. The number of hydrazone groups is 1. The van der Waals surface area contributed by atoms with E-state index in [1.54, 1.807) is 29.2 Å². The van der Waals surface area contributed by atoms with Crippen LogP contribution in [0.3, 0.4) is 0 Å². The molecule has 7 heteroatoms. The van der Waals surface area contributed by atoms with Crippen molar-refractivity contribution in [1.29, 1.82) is 0 Å². The van der Waals surface area contributed by atoms with Gasteiger partial charge >= 0.3 is 0 Å². The molecule has 4 aromatic rings. The SMILES string of the molecule is O=C(N/N=C/c1ccc(O)cc1O)c1ccc(CN2C(=O)c3cccc4cccc2c34)cc1. The minimum atomic E-state index is -0.412. The zero-order chi connectivity index (χ0) is 22.9. The maximum Gasteiger partial charge on any atom is 0.271 e. The molecule has 0 aliphatic carbocycles. The molecule has 4 aromatic carbocycles. The van der Waals surface area contributed by atoms with Gasteiger partial charge in [-0.1, -0.05) is 36.4 Å². The number of carbonyl (C=O) groups excluding carboxylic acids is 2. The van der Waals surface area contributed by atoms with E-state index in [1.807, 2.05) is 36.4 Å². The van der Waals surface area contributed by atoms with Crippen LogP contribution in [0.15, 0.2) is 84.0 Å². The lowest BCUT2D eigenvalue weighted by atomic mass is 10.1. The number of hydrogen-bond acceptors (Lipinski definition) is 5. The Bertz CT molecular complexity index is 1420. The first-order chi connectivity index (χ1) is 16.0. The number of rotatable bonds is 5. The highest BCUT2D eigenvalue weighted by Gasteiger charge is 2.29. The van der Waals surface area contributed by atoms with Crippen LogP contribution in [0.4, 0.5) is 5.69 Å². The second kappa shape index (κ2) is 8.12. The molecule has 1 aliphatic rings. The van der Waals surface area contributed by atoms with Gasteiger partial charge in [-0.25, -0.2) is 5.43 Å². The Hall–Kier alpha value is -4.65. The third-order valence-electron chi connectivity index (χ3n) is 5.59. The third-order valence-corrected chi connectivity index (χ3v) is 5.59. The van der Waals surface area contributed by atoms with E-state index < -0.39 is 5.91 Å². The summed E-state index contributed by atoms with van der Waals surface area (Å²) in [6.07, 6.45) is 1.29. The molecule has 0 saturated carbocycles. The molecule has 1 aliphatic heterocycles. The fourth-order valence-corrected chi connectivity index (χ4v) is 3.95. The van der Waals surface area contributed by atoms with Crippen LogP contribution < -0.4 is 10.3 Å². The molecule has 5 rings (SSSR count). The van der Waals surface area contributed by atoms with Gasteiger partial charge in [-0.15, -0.1) is 0 Å². The van der Waals surface area contributed by atoms with Crippen LogP contribution in [0.2, 0.25) is 0 Å². The highest BCUT2D eigenvalue weighted by Crippen LogP contribution is 2.37. The van der Waals surface area contributed by atoms with Crippen LogP contribution in [-0.2, 0) is 6.54 Å². The average molecular weight is 437 g/mol. The molecule has 7 nitrogen and oxygen atoms in total. The number of hydrogen-bond donors (Lipinski definition) is 3. The van der Waals surface area contributed by atoms with Crippen LogP contribution in [0.1, 0.15) is 31.8 Å². The molecule has 0 saturated heterocycles. The van der Waals surface area contributed by atoms with Gasteiger partial charge in [0.05, 0.1) is 18.4 Å². The summed E-state index contributed by atoms with van der Waals surface area (Å²) in [7, 11) is 0. The Kier molecular flexibility index (Phi) is 4.99. The fourth-order valence-electron chi connectivity index (χ4n) is 3.95. The molecule has 1 heterocycles. The Morgan fingerprint density at radius 1 is 0.970 bits per heavy atom. The van der Waals surface area contributed by atoms with Gasteiger partial charge < -0.3 is 15.1 Å². The van der Waals surface area contributed by atoms with Crippen molar-refractivity contribution in [2.45, 2.75) is 6.54 Å². The van der Waals surface area contributed by atoms with Crippen LogP contribution >= 0.6 is 0 Å². The van der Waals surface area contributed by atoms with Gasteiger partial charge in [-0.05, 0) is 47.3 Å². The fraction of sp³-hybridized carbons (Fsp3) is 0.0385. The van der Waals surface area contributed by atoms with Gasteiger partial charge in [0, 0.05) is 28.1 Å². The predicted molar refractivity (Wildman–Crippen MR) is 126 cm³/mol. The van der Waals surface area contributed by atoms with E-state index in [2.05, 4.69) is 10.5 Å². The van der Waals surface area contributed by atoms with E-state index in [9.17, 15) is 19.8 Å². The number of carbonyl (C=O) groups is 2. The van der Waals surface area contributed by atoms with Gasteiger partial charge in [0.2, 0.25) is 0 Å². The Morgan fingerprint density at radius 3 is 2.48 bits per heavy atom. The lowest BCUT2D eigenvalue weighted by Gasteiger charge is -2.18. The van der Waals surface area contributed by atoms with Crippen molar-refractivity contribution in [3.63, 3.8) is 0 Å². The predicted octanol–water partition coefficient (Wildman–Crippen LogP) is 4.18. The summed E-state index contributed by atoms with van der Waals surface area (Å²) >= 11 is 0. The maximum absolute atomic E-state index is 12.9. The number of aromatic hydroxyl groups is 2. The summed E-state index contributed by atoms with van der Waals surface area (Å²) in [6, 6.07) is 22.7. The first-order valence-corrected chi connectivity index (χ1v) is 10.3. The largest absolute Gasteiger partial charge is 0.508 e. The van der Waals surface area contributed by atoms with Crippen molar-refractivity contribution >= 4 is 34.5 Å².